The summed E-state index contributed by atoms with van der Waals surface area (Å²) in [5.74, 6) is 0.0706. The fourth-order valence-corrected chi connectivity index (χ4v) is 2.78. The van der Waals surface area contributed by atoms with Gasteiger partial charge in [0.05, 0.1) is 19.0 Å². The van der Waals surface area contributed by atoms with Gasteiger partial charge < -0.3 is 9.84 Å². The van der Waals surface area contributed by atoms with E-state index in [4.69, 9.17) is 4.74 Å². The number of hydrogen-bond donors (Lipinski definition) is 2. The highest BCUT2D eigenvalue weighted by Gasteiger charge is 2.15. The minimum atomic E-state index is -0.731. The van der Waals surface area contributed by atoms with E-state index in [9.17, 15) is 14.7 Å². The van der Waals surface area contributed by atoms with E-state index < -0.39 is 17.1 Å². The molecule has 25 heavy (non-hydrogen) atoms. The molecule has 0 saturated carbocycles. The molecule has 1 aliphatic rings. The predicted molar refractivity (Wildman–Crippen MR) is 93.9 cm³/mol. The molecule has 0 unspecified atom stereocenters. The summed E-state index contributed by atoms with van der Waals surface area (Å²) in [5.41, 5.74) is -1.09. The second-order valence-electron chi connectivity index (χ2n) is 5.79. The molecule has 1 aromatic carbocycles. The van der Waals surface area contributed by atoms with E-state index >= 15 is 0 Å². The second kappa shape index (κ2) is 7.25. The summed E-state index contributed by atoms with van der Waals surface area (Å²) in [6, 6.07) is 6.63. The monoisotopic (exact) mass is 344 g/mol. The summed E-state index contributed by atoms with van der Waals surface area (Å²) in [5, 5.41) is 16.6. The minimum absolute atomic E-state index is 0.0620. The van der Waals surface area contributed by atoms with E-state index in [1.54, 1.807) is 24.3 Å². The summed E-state index contributed by atoms with van der Waals surface area (Å²) < 4.78 is 6.15. The van der Waals surface area contributed by atoms with Crippen LogP contribution >= 0.6 is 0 Å². The first-order valence-electron chi connectivity index (χ1n) is 8.12. The molecule has 1 fully saturated rings. The number of nitrogens with one attached hydrogen (secondary N) is 1. The van der Waals surface area contributed by atoms with Crippen molar-refractivity contribution >= 4 is 6.21 Å². The number of nitrogens with zero attached hydrogens (tertiary/aromatic N) is 3. The zero-order valence-electron chi connectivity index (χ0n) is 13.9. The molecule has 1 aliphatic heterocycles. The number of aromatic amines is 1. The van der Waals surface area contributed by atoms with Gasteiger partial charge in [-0.3, -0.25) is 14.8 Å². The Kier molecular flexibility index (Phi) is 4.87. The molecular weight excluding hydrogens is 324 g/mol. The van der Waals surface area contributed by atoms with E-state index in [0.717, 1.165) is 30.5 Å². The molecular formula is C17H20N4O4. The average Bonchev–Trinajstić information content (AvgIpc) is 2.62. The largest absolute Gasteiger partial charge is 0.497 e. The van der Waals surface area contributed by atoms with Gasteiger partial charge in [0.25, 0.3) is 5.56 Å². The predicted octanol–water partition coefficient (Wildman–Crippen LogP) is 1.06. The van der Waals surface area contributed by atoms with Crippen molar-refractivity contribution < 1.29 is 9.84 Å². The number of methoxy groups -OCH3 is 1. The van der Waals surface area contributed by atoms with Gasteiger partial charge in [0.1, 0.15) is 11.3 Å². The summed E-state index contributed by atoms with van der Waals surface area (Å²) in [6.45, 7) is 1.62. The second-order valence-corrected chi connectivity index (χ2v) is 5.79. The maximum absolute atomic E-state index is 12.2. The van der Waals surface area contributed by atoms with Crippen molar-refractivity contribution in [3.63, 3.8) is 0 Å². The van der Waals surface area contributed by atoms with Crippen LogP contribution in [0.5, 0.6) is 11.6 Å². The van der Waals surface area contributed by atoms with Gasteiger partial charge in [-0.05, 0) is 31.4 Å². The fraction of sp³-hybridized carbons (Fsp3) is 0.353. The first-order chi connectivity index (χ1) is 12.1. The van der Waals surface area contributed by atoms with Crippen LogP contribution in [0.2, 0.25) is 0 Å². The van der Waals surface area contributed by atoms with Crippen LogP contribution in [-0.2, 0) is 0 Å². The SMILES string of the molecule is COc1cccc(-n2c(O)c(/C=N/N3CCCCC3)c(=O)[nH]c2=O)c1. The third-order valence-corrected chi connectivity index (χ3v) is 4.11. The summed E-state index contributed by atoms with van der Waals surface area (Å²) >= 11 is 0. The van der Waals surface area contributed by atoms with E-state index in [1.165, 1.54) is 19.7 Å². The van der Waals surface area contributed by atoms with Crippen LogP contribution in [0.25, 0.3) is 5.69 Å². The lowest BCUT2D eigenvalue weighted by Crippen LogP contribution is -2.32. The number of aromatic nitrogens is 2. The third kappa shape index (κ3) is 3.57. The normalized spacial score (nSPS) is 14.8. The molecule has 0 spiro atoms. The molecule has 8 heteroatoms. The third-order valence-electron chi connectivity index (χ3n) is 4.11. The van der Waals surface area contributed by atoms with Gasteiger partial charge in [-0.25, -0.2) is 9.36 Å². The Morgan fingerprint density at radius 3 is 2.72 bits per heavy atom. The Balaban J connectivity index is 2.04. The van der Waals surface area contributed by atoms with Crippen LogP contribution in [0.4, 0.5) is 0 Å². The van der Waals surface area contributed by atoms with Gasteiger partial charge >= 0.3 is 5.69 Å². The fourth-order valence-electron chi connectivity index (χ4n) is 2.78. The Hall–Kier alpha value is -3.03. The molecule has 132 valence electrons. The summed E-state index contributed by atoms with van der Waals surface area (Å²) in [6.07, 6.45) is 4.56. The molecule has 2 aromatic rings. The van der Waals surface area contributed by atoms with E-state index in [-0.39, 0.29) is 5.56 Å². The van der Waals surface area contributed by atoms with Gasteiger partial charge in [0.2, 0.25) is 5.88 Å². The van der Waals surface area contributed by atoms with Crippen LogP contribution < -0.4 is 16.0 Å². The molecule has 0 aliphatic carbocycles. The van der Waals surface area contributed by atoms with Crippen molar-refractivity contribution in [1.29, 1.82) is 0 Å². The van der Waals surface area contributed by atoms with E-state index in [1.807, 2.05) is 5.01 Å². The van der Waals surface area contributed by atoms with Crippen molar-refractivity contribution in [3.05, 3.63) is 50.7 Å². The van der Waals surface area contributed by atoms with Crippen LogP contribution in [0.1, 0.15) is 24.8 Å². The maximum Gasteiger partial charge on any atom is 0.335 e. The van der Waals surface area contributed by atoms with Gasteiger partial charge in [-0.2, -0.15) is 5.10 Å². The molecule has 3 rings (SSSR count). The highest BCUT2D eigenvalue weighted by Crippen LogP contribution is 2.20. The Morgan fingerprint density at radius 1 is 1.24 bits per heavy atom. The van der Waals surface area contributed by atoms with Crippen LogP contribution in [0.15, 0.2) is 39.0 Å². The molecule has 0 bridgehead atoms. The average molecular weight is 344 g/mol. The molecule has 0 radical (unpaired) electrons. The standard InChI is InChI=1S/C17H20N4O4/c1-25-13-7-5-6-12(10-13)21-16(23)14(15(22)19-17(21)24)11-18-20-8-3-2-4-9-20/h5-7,10-11,23H,2-4,8-9H2,1H3,(H,19,22,24)/b18-11+. The van der Waals surface area contributed by atoms with Gasteiger partial charge in [0.15, 0.2) is 0 Å². The quantitative estimate of drug-likeness (QED) is 0.808. The van der Waals surface area contributed by atoms with E-state index in [0.29, 0.717) is 11.4 Å². The molecule has 0 atom stereocenters. The van der Waals surface area contributed by atoms with Crippen LogP contribution in [0, 0.1) is 0 Å². The molecule has 1 saturated heterocycles. The first kappa shape index (κ1) is 16.8. The zero-order chi connectivity index (χ0) is 17.8. The zero-order valence-corrected chi connectivity index (χ0v) is 13.9. The van der Waals surface area contributed by atoms with Crippen molar-refractivity contribution in [1.82, 2.24) is 14.6 Å². The highest BCUT2D eigenvalue weighted by molar-refractivity contribution is 5.82. The van der Waals surface area contributed by atoms with Crippen LogP contribution in [-0.4, -0.2) is 46.1 Å². The van der Waals surface area contributed by atoms with Crippen molar-refractivity contribution in [2.45, 2.75) is 19.3 Å². The van der Waals surface area contributed by atoms with Crippen molar-refractivity contribution in [2.75, 3.05) is 20.2 Å². The Morgan fingerprint density at radius 2 is 2.00 bits per heavy atom. The summed E-state index contributed by atoms with van der Waals surface area (Å²) in [7, 11) is 1.51. The number of piperidine rings is 1. The minimum Gasteiger partial charge on any atom is -0.497 e. The van der Waals surface area contributed by atoms with E-state index in [2.05, 4.69) is 10.1 Å². The first-order valence-corrected chi connectivity index (χ1v) is 8.12. The summed E-state index contributed by atoms with van der Waals surface area (Å²) in [4.78, 5) is 26.5. The number of aromatic hydroxyl groups is 1. The number of hydrazone groups is 1. The highest BCUT2D eigenvalue weighted by atomic mass is 16.5. The molecule has 8 nitrogen and oxygen atoms in total. The number of ether oxygens (including phenoxy) is 1. The number of H-pyrrole nitrogens is 1. The van der Waals surface area contributed by atoms with Gasteiger partial charge in [0, 0.05) is 19.2 Å². The molecule has 2 N–H and O–H groups in total. The lowest BCUT2D eigenvalue weighted by atomic mass is 10.2. The number of rotatable bonds is 4. The topological polar surface area (TPSA) is 99.9 Å². The van der Waals surface area contributed by atoms with Crippen molar-refractivity contribution in [3.8, 4) is 17.3 Å². The van der Waals surface area contributed by atoms with Crippen LogP contribution in [0.3, 0.4) is 0 Å². The maximum atomic E-state index is 12.2. The lowest BCUT2D eigenvalue weighted by Gasteiger charge is -2.23. The van der Waals surface area contributed by atoms with Gasteiger partial charge in [-0.15, -0.1) is 0 Å². The molecule has 0 amide bonds. The molecule has 1 aromatic heterocycles. The number of benzene rings is 1. The smallest absolute Gasteiger partial charge is 0.335 e. The van der Waals surface area contributed by atoms with Gasteiger partial charge in [-0.1, -0.05) is 6.07 Å². The Labute approximate surface area is 144 Å². The lowest BCUT2D eigenvalue weighted by molar-refractivity contribution is 0.240. The molecule has 2 heterocycles. The van der Waals surface area contributed by atoms with Crippen molar-refractivity contribution in [2.24, 2.45) is 5.10 Å². The Bertz CT molecular complexity index is 894. The number of hydrogen-bond acceptors (Lipinski definition) is 6.